The highest BCUT2D eigenvalue weighted by molar-refractivity contribution is 5.94. The van der Waals surface area contributed by atoms with Gasteiger partial charge in [-0.15, -0.1) is 0 Å². The molecular weight excluding hydrogens is 219 g/mol. The van der Waals surface area contributed by atoms with Crippen molar-refractivity contribution < 1.29 is 9.18 Å². The second-order valence-electron chi connectivity index (χ2n) is 4.59. The molecule has 0 bridgehead atoms. The van der Waals surface area contributed by atoms with Gasteiger partial charge < -0.3 is 10.2 Å². The Morgan fingerprint density at radius 1 is 1.53 bits per heavy atom. The van der Waals surface area contributed by atoms with Gasteiger partial charge in [-0.2, -0.15) is 0 Å². The molecule has 0 aliphatic carbocycles. The van der Waals surface area contributed by atoms with E-state index < -0.39 is 5.82 Å². The molecule has 0 radical (unpaired) electrons. The van der Waals surface area contributed by atoms with E-state index in [2.05, 4.69) is 5.32 Å². The van der Waals surface area contributed by atoms with Gasteiger partial charge in [0.2, 0.25) is 0 Å². The van der Waals surface area contributed by atoms with Crippen LogP contribution in [-0.2, 0) is 0 Å². The topological polar surface area (TPSA) is 32.3 Å². The lowest BCUT2D eigenvalue weighted by Gasteiger charge is -2.32. The number of hydrogen-bond acceptors (Lipinski definition) is 2. The fourth-order valence-corrected chi connectivity index (χ4v) is 2.08. The average Bonchev–Trinajstić information content (AvgIpc) is 2.28. The van der Waals surface area contributed by atoms with E-state index in [1.807, 2.05) is 13.8 Å². The molecule has 4 heteroatoms. The van der Waals surface area contributed by atoms with Gasteiger partial charge in [-0.3, -0.25) is 4.79 Å². The van der Waals surface area contributed by atoms with Gasteiger partial charge in [-0.1, -0.05) is 6.07 Å². The van der Waals surface area contributed by atoms with Gasteiger partial charge in [-0.25, -0.2) is 4.39 Å². The summed E-state index contributed by atoms with van der Waals surface area (Å²) in [5.74, 6) is -0.642. The summed E-state index contributed by atoms with van der Waals surface area (Å²) in [4.78, 5) is 13.8. The van der Waals surface area contributed by atoms with E-state index >= 15 is 0 Å². The van der Waals surface area contributed by atoms with Crippen LogP contribution in [0.15, 0.2) is 18.2 Å². The molecule has 1 aromatic carbocycles. The van der Waals surface area contributed by atoms with Crippen molar-refractivity contribution in [3.05, 3.63) is 35.1 Å². The molecule has 0 aromatic heterocycles. The van der Waals surface area contributed by atoms with Crippen molar-refractivity contribution in [2.75, 3.05) is 19.6 Å². The zero-order chi connectivity index (χ0) is 12.4. The molecule has 1 aliphatic rings. The second kappa shape index (κ2) is 4.84. The molecule has 0 spiro atoms. The maximum atomic E-state index is 13.7. The summed E-state index contributed by atoms with van der Waals surface area (Å²) in [5.41, 5.74) is 0.998. The minimum Gasteiger partial charge on any atom is -0.336 e. The van der Waals surface area contributed by atoms with E-state index in [4.69, 9.17) is 0 Å². The van der Waals surface area contributed by atoms with Gasteiger partial charge in [0.1, 0.15) is 5.82 Å². The quantitative estimate of drug-likeness (QED) is 0.802. The van der Waals surface area contributed by atoms with Crippen LogP contribution in [0.3, 0.4) is 0 Å². The zero-order valence-electron chi connectivity index (χ0n) is 10.2. The Morgan fingerprint density at radius 2 is 2.29 bits per heavy atom. The van der Waals surface area contributed by atoms with E-state index in [0.29, 0.717) is 13.1 Å². The number of aryl methyl sites for hydroxylation is 1. The molecule has 92 valence electrons. The highest BCUT2D eigenvalue weighted by Crippen LogP contribution is 2.13. The van der Waals surface area contributed by atoms with Crippen molar-refractivity contribution in [2.45, 2.75) is 19.9 Å². The molecule has 1 heterocycles. The number of piperazine rings is 1. The summed E-state index contributed by atoms with van der Waals surface area (Å²) in [7, 11) is 0. The minimum atomic E-state index is -0.429. The van der Waals surface area contributed by atoms with E-state index in [9.17, 15) is 9.18 Å². The van der Waals surface area contributed by atoms with E-state index in [-0.39, 0.29) is 17.5 Å². The smallest absolute Gasteiger partial charge is 0.256 e. The number of benzene rings is 1. The lowest BCUT2D eigenvalue weighted by molar-refractivity contribution is 0.0704. The van der Waals surface area contributed by atoms with Crippen LogP contribution in [-0.4, -0.2) is 36.5 Å². The molecule has 1 aromatic rings. The van der Waals surface area contributed by atoms with Crippen molar-refractivity contribution in [1.82, 2.24) is 10.2 Å². The average molecular weight is 236 g/mol. The fraction of sp³-hybridized carbons (Fsp3) is 0.462. The molecule has 1 fully saturated rings. The van der Waals surface area contributed by atoms with Crippen LogP contribution >= 0.6 is 0 Å². The summed E-state index contributed by atoms with van der Waals surface area (Å²) in [5, 5.41) is 3.25. The largest absolute Gasteiger partial charge is 0.336 e. The lowest BCUT2D eigenvalue weighted by atomic mass is 10.1. The van der Waals surface area contributed by atoms with Gasteiger partial charge in [0.25, 0.3) is 5.91 Å². The fourth-order valence-electron chi connectivity index (χ4n) is 2.08. The standard InChI is InChI=1S/C13H17FN2O/c1-9-3-4-11(12(14)7-9)13(17)16-6-5-15-10(2)8-16/h3-4,7,10,15H,5-6,8H2,1-2H3/t10-/m0/s1. The van der Waals surface area contributed by atoms with Crippen LogP contribution < -0.4 is 5.32 Å². The van der Waals surface area contributed by atoms with Gasteiger partial charge in [0.05, 0.1) is 5.56 Å². The van der Waals surface area contributed by atoms with Gasteiger partial charge in [0, 0.05) is 25.7 Å². The predicted octanol–water partition coefficient (Wildman–Crippen LogP) is 1.57. The molecule has 3 nitrogen and oxygen atoms in total. The highest BCUT2D eigenvalue weighted by Gasteiger charge is 2.23. The Labute approximate surface area is 101 Å². The third kappa shape index (κ3) is 2.64. The lowest BCUT2D eigenvalue weighted by Crippen LogP contribution is -2.51. The number of amides is 1. The molecule has 0 saturated carbocycles. The summed E-state index contributed by atoms with van der Waals surface area (Å²) < 4.78 is 13.7. The molecule has 1 saturated heterocycles. The Balaban J connectivity index is 2.18. The monoisotopic (exact) mass is 236 g/mol. The Morgan fingerprint density at radius 3 is 2.94 bits per heavy atom. The van der Waals surface area contributed by atoms with Gasteiger partial charge in [0.15, 0.2) is 0 Å². The highest BCUT2D eigenvalue weighted by atomic mass is 19.1. The van der Waals surface area contributed by atoms with Crippen molar-refractivity contribution in [3.63, 3.8) is 0 Å². The first-order chi connectivity index (χ1) is 8.08. The summed E-state index contributed by atoms with van der Waals surface area (Å²) in [6, 6.07) is 5.00. The number of rotatable bonds is 1. The van der Waals surface area contributed by atoms with E-state index in [0.717, 1.165) is 12.1 Å². The van der Waals surface area contributed by atoms with E-state index in [1.54, 1.807) is 17.0 Å². The maximum Gasteiger partial charge on any atom is 0.256 e. The molecular formula is C13H17FN2O. The Bertz CT molecular complexity index is 433. The van der Waals surface area contributed by atoms with Gasteiger partial charge in [-0.05, 0) is 31.5 Å². The summed E-state index contributed by atoms with van der Waals surface area (Å²) in [6.45, 7) is 5.86. The molecule has 1 aliphatic heterocycles. The van der Waals surface area contributed by atoms with Crippen LogP contribution in [0.5, 0.6) is 0 Å². The normalized spacial score (nSPS) is 20.4. The Hall–Kier alpha value is -1.42. The second-order valence-corrected chi connectivity index (χ2v) is 4.59. The predicted molar refractivity (Wildman–Crippen MR) is 64.5 cm³/mol. The van der Waals surface area contributed by atoms with Crippen molar-refractivity contribution in [1.29, 1.82) is 0 Å². The molecule has 0 unspecified atom stereocenters. The molecule has 1 atom stereocenters. The number of carbonyl (C=O) groups is 1. The third-order valence-electron chi connectivity index (χ3n) is 3.01. The SMILES string of the molecule is Cc1ccc(C(=O)N2CCN[C@@H](C)C2)c(F)c1. The molecule has 1 N–H and O–H groups in total. The summed E-state index contributed by atoms with van der Waals surface area (Å²) >= 11 is 0. The number of nitrogens with zero attached hydrogens (tertiary/aromatic N) is 1. The van der Waals surface area contributed by atoms with Crippen molar-refractivity contribution in [3.8, 4) is 0 Å². The number of hydrogen-bond donors (Lipinski definition) is 1. The number of nitrogens with one attached hydrogen (secondary N) is 1. The third-order valence-corrected chi connectivity index (χ3v) is 3.01. The Kier molecular flexibility index (Phi) is 3.43. The molecule has 17 heavy (non-hydrogen) atoms. The van der Waals surface area contributed by atoms with Crippen LogP contribution in [0.1, 0.15) is 22.8 Å². The first-order valence-electron chi connectivity index (χ1n) is 5.87. The van der Waals surface area contributed by atoms with Crippen LogP contribution in [0.2, 0.25) is 0 Å². The summed E-state index contributed by atoms with van der Waals surface area (Å²) in [6.07, 6.45) is 0. The van der Waals surface area contributed by atoms with E-state index in [1.165, 1.54) is 6.07 Å². The number of carbonyl (C=O) groups excluding carboxylic acids is 1. The first-order valence-corrected chi connectivity index (χ1v) is 5.87. The van der Waals surface area contributed by atoms with Crippen LogP contribution in [0.4, 0.5) is 4.39 Å². The van der Waals surface area contributed by atoms with Crippen LogP contribution in [0.25, 0.3) is 0 Å². The maximum absolute atomic E-state index is 13.7. The van der Waals surface area contributed by atoms with Crippen molar-refractivity contribution >= 4 is 5.91 Å². The van der Waals surface area contributed by atoms with Crippen molar-refractivity contribution in [2.24, 2.45) is 0 Å². The van der Waals surface area contributed by atoms with Gasteiger partial charge >= 0.3 is 0 Å². The van der Waals surface area contributed by atoms with Crippen LogP contribution in [0, 0.1) is 12.7 Å². The first kappa shape index (κ1) is 12.0. The number of halogens is 1. The molecule has 2 rings (SSSR count). The molecule has 1 amide bonds. The minimum absolute atomic E-state index is 0.171. The zero-order valence-corrected chi connectivity index (χ0v) is 10.2.